The van der Waals surface area contributed by atoms with Crippen molar-refractivity contribution < 1.29 is 4.74 Å². The quantitative estimate of drug-likeness (QED) is 0.671. The van der Waals surface area contributed by atoms with Crippen molar-refractivity contribution in [2.75, 3.05) is 31.2 Å². The summed E-state index contributed by atoms with van der Waals surface area (Å²) >= 11 is 9.38. The molecule has 0 amide bonds. The molecule has 5 nitrogen and oxygen atoms in total. The van der Waals surface area contributed by atoms with Gasteiger partial charge >= 0.3 is 0 Å². The Labute approximate surface area is 134 Å². The number of fused-ring (bicyclic) bond motifs is 1. The molecule has 0 saturated carbocycles. The van der Waals surface area contributed by atoms with Crippen LogP contribution in [0.25, 0.3) is 20.8 Å². The van der Waals surface area contributed by atoms with E-state index in [9.17, 15) is 0 Å². The molecule has 0 aromatic carbocycles. The zero-order valence-corrected chi connectivity index (χ0v) is 13.3. The van der Waals surface area contributed by atoms with E-state index in [0.29, 0.717) is 13.2 Å². The predicted molar refractivity (Wildman–Crippen MR) is 86.6 cm³/mol. The van der Waals surface area contributed by atoms with Crippen molar-refractivity contribution in [3.8, 4) is 10.6 Å². The first-order chi connectivity index (χ1) is 10.3. The second kappa shape index (κ2) is 5.49. The summed E-state index contributed by atoms with van der Waals surface area (Å²) in [6.07, 6.45) is 1.80. The van der Waals surface area contributed by atoms with Gasteiger partial charge in [0.05, 0.1) is 23.4 Å². The predicted octanol–water partition coefficient (Wildman–Crippen LogP) is 3.30. The molecule has 0 N–H and O–H groups in total. The summed E-state index contributed by atoms with van der Waals surface area (Å²) in [4.78, 5) is 15.4. The number of thiophene rings is 1. The Morgan fingerprint density at radius 2 is 2.05 bits per heavy atom. The molecule has 0 radical (unpaired) electrons. The molecule has 108 valence electrons. The SMILES string of the molecule is Clc1nc(N2CCOCC2)c2scc(-c3nccs3)c2n1. The van der Waals surface area contributed by atoms with Gasteiger partial charge < -0.3 is 9.64 Å². The van der Waals surface area contributed by atoms with Gasteiger partial charge in [-0.25, -0.2) is 9.97 Å². The maximum Gasteiger partial charge on any atom is 0.224 e. The molecule has 0 spiro atoms. The number of ether oxygens (including phenoxy) is 1. The summed E-state index contributed by atoms with van der Waals surface area (Å²) in [6.45, 7) is 3.08. The lowest BCUT2D eigenvalue weighted by atomic mass is 10.3. The summed E-state index contributed by atoms with van der Waals surface area (Å²) in [5, 5.41) is 5.28. The van der Waals surface area contributed by atoms with Crippen LogP contribution in [0.4, 0.5) is 5.82 Å². The van der Waals surface area contributed by atoms with Crippen molar-refractivity contribution in [2.45, 2.75) is 0 Å². The molecule has 0 unspecified atom stereocenters. The van der Waals surface area contributed by atoms with Crippen LogP contribution in [-0.2, 0) is 4.74 Å². The Balaban J connectivity index is 1.88. The van der Waals surface area contributed by atoms with E-state index in [-0.39, 0.29) is 5.28 Å². The molecule has 4 heterocycles. The van der Waals surface area contributed by atoms with Gasteiger partial charge in [-0.2, -0.15) is 4.98 Å². The maximum atomic E-state index is 6.14. The largest absolute Gasteiger partial charge is 0.378 e. The van der Waals surface area contributed by atoms with E-state index in [1.54, 1.807) is 28.9 Å². The van der Waals surface area contributed by atoms with Crippen LogP contribution in [0, 0.1) is 0 Å². The van der Waals surface area contributed by atoms with Crippen molar-refractivity contribution in [3.05, 3.63) is 22.2 Å². The number of hydrogen-bond acceptors (Lipinski definition) is 7. The number of anilines is 1. The number of halogens is 1. The summed E-state index contributed by atoms with van der Waals surface area (Å²) in [5.74, 6) is 0.904. The molecule has 0 atom stereocenters. The van der Waals surface area contributed by atoms with E-state index in [0.717, 1.165) is 39.7 Å². The van der Waals surface area contributed by atoms with E-state index in [1.807, 2.05) is 5.38 Å². The monoisotopic (exact) mass is 338 g/mol. The molecule has 1 aliphatic heterocycles. The van der Waals surface area contributed by atoms with Crippen LogP contribution >= 0.6 is 34.3 Å². The molecule has 3 aromatic rings. The average molecular weight is 339 g/mol. The molecule has 1 aliphatic rings. The van der Waals surface area contributed by atoms with E-state index in [2.05, 4.69) is 25.2 Å². The minimum Gasteiger partial charge on any atom is -0.378 e. The van der Waals surface area contributed by atoms with Gasteiger partial charge in [-0.3, -0.25) is 0 Å². The van der Waals surface area contributed by atoms with Gasteiger partial charge in [-0.1, -0.05) is 0 Å². The normalized spacial score (nSPS) is 15.8. The van der Waals surface area contributed by atoms with Gasteiger partial charge in [-0.15, -0.1) is 22.7 Å². The van der Waals surface area contributed by atoms with Crippen LogP contribution in [-0.4, -0.2) is 41.3 Å². The second-order valence-corrected chi connectivity index (χ2v) is 6.69. The fourth-order valence-corrected chi connectivity index (χ4v) is 4.27. The van der Waals surface area contributed by atoms with Gasteiger partial charge in [-0.05, 0) is 11.6 Å². The minimum atomic E-state index is 0.278. The number of thiazole rings is 1. The van der Waals surface area contributed by atoms with E-state index >= 15 is 0 Å². The fourth-order valence-electron chi connectivity index (χ4n) is 2.37. The zero-order valence-electron chi connectivity index (χ0n) is 11.0. The van der Waals surface area contributed by atoms with Crippen molar-refractivity contribution in [1.82, 2.24) is 15.0 Å². The average Bonchev–Trinajstić information content (AvgIpc) is 3.15. The van der Waals surface area contributed by atoms with Crippen LogP contribution in [0.1, 0.15) is 0 Å². The molecule has 21 heavy (non-hydrogen) atoms. The van der Waals surface area contributed by atoms with Crippen LogP contribution in [0.2, 0.25) is 5.28 Å². The van der Waals surface area contributed by atoms with Gasteiger partial charge in [0, 0.05) is 35.6 Å². The Morgan fingerprint density at radius 1 is 1.19 bits per heavy atom. The van der Waals surface area contributed by atoms with Crippen LogP contribution in [0.15, 0.2) is 17.0 Å². The standard InChI is InChI=1S/C13H11ClN4OS2/c14-13-16-9-8(12-15-1-6-20-12)7-21-10(9)11(17-13)18-2-4-19-5-3-18/h1,6-7H,2-5H2. The fraction of sp³-hybridized carbons (Fsp3) is 0.308. The van der Waals surface area contributed by atoms with Gasteiger partial charge in [0.25, 0.3) is 0 Å². The third-order valence-electron chi connectivity index (χ3n) is 3.34. The number of aromatic nitrogens is 3. The summed E-state index contributed by atoms with van der Waals surface area (Å²) in [5.41, 5.74) is 1.92. The maximum absolute atomic E-state index is 6.14. The lowest BCUT2D eigenvalue weighted by Gasteiger charge is -2.28. The first-order valence-corrected chi connectivity index (χ1v) is 8.64. The Hall–Kier alpha value is -1.28. The number of morpholine rings is 1. The first kappa shape index (κ1) is 13.4. The Morgan fingerprint density at radius 3 is 2.81 bits per heavy atom. The first-order valence-electron chi connectivity index (χ1n) is 6.50. The summed E-state index contributed by atoms with van der Waals surface area (Å²) in [7, 11) is 0. The van der Waals surface area contributed by atoms with Gasteiger partial charge in [0.2, 0.25) is 5.28 Å². The Kier molecular flexibility index (Phi) is 3.50. The molecular formula is C13H11ClN4OS2. The highest BCUT2D eigenvalue weighted by molar-refractivity contribution is 7.19. The number of hydrogen-bond donors (Lipinski definition) is 0. The van der Waals surface area contributed by atoms with Crippen LogP contribution in [0.3, 0.4) is 0 Å². The van der Waals surface area contributed by atoms with Crippen molar-refractivity contribution >= 4 is 50.3 Å². The zero-order chi connectivity index (χ0) is 14.2. The summed E-state index contributed by atoms with van der Waals surface area (Å²) in [6, 6.07) is 0. The van der Waals surface area contributed by atoms with Crippen molar-refractivity contribution in [3.63, 3.8) is 0 Å². The number of nitrogens with zero attached hydrogens (tertiary/aromatic N) is 4. The molecule has 3 aromatic heterocycles. The lowest BCUT2D eigenvalue weighted by Crippen LogP contribution is -2.36. The topological polar surface area (TPSA) is 51.1 Å². The van der Waals surface area contributed by atoms with Gasteiger partial charge in [0.1, 0.15) is 5.01 Å². The molecule has 4 rings (SSSR count). The molecule has 1 fully saturated rings. The molecular weight excluding hydrogens is 328 g/mol. The van der Waals surface area contributed by atoms with Crippen LogP contribution < -0.4 is 4.90 Å². The second-order valence-electron chi connectivity index (χ2n) is 4.58. The molecule has 0 aliphatic carbocycles. The number of rotatable bonds is 2. The smallest absolute Gasteiger partial charge is 0.224 e. The van der Waals surface area contributed by atoms with Crippen molar-refractivity contribution in [2.24, 2.45) is 0 Å². The highest BCUT2D eigenvalue weighted by atomic mass is 35.5. The third-order valence-corrected chi connectivity index (χ3v) is 5.28. The van der Waals surface area contributed by atoms with E-state index in [4.69, 9.17) is 16.3 Å². The van der Waals surface area contributed by atoms with E-state index in [1.165, 1.54) is 0 Å². The summed E-state index contributed by atoms with van der Waals surface area (Å²) < 4.78 is 6.47. The highest BCUT2D eigenvalue weighted by Gasteiger charge is 2.20. The lowest BCUT2D eigenvalue weighted by molar-refractivity contribution is 0.122. The van der Waals surface area contributed by atoms with E-state index < -0.39 is 0 Å². The van der Waals surface area contributed by atoms with Crippen LogP contribution in [0.5, 0.6) is 0 Å². The Bertz CT molecular complexity index is 768. The molecule has 8 heteroatoms. The third kappa shape index (κ3) is 2.40. The minimum absolute atomic E-state index is 0.278. The van der Waals surface area contributed by atoms with Crippen molar-refractivity contribution in [1.29, 1.82) is 0 Å². The molecule has 1 saturated heterocycles. The highest BCUT2D eigenvalue weighted by Crippen LogP contribution is 2.38. The molecule has 0 bridgehead atoms. The van der Waals surface area contributed by atoms with Gasteiger partial charge in [0.15, 0.2) is 5.82 Å².